The van der Waals surface area contributed by atoms with E-state index in [1.54, 1.807) is 0 Å². The number of hydrogen-bond acceptors (Lipinski definition) is 2. The van der Waals surface area contributed by atoms with E-state index >= 15 is 0 Å². The molecule has 2 heteroatoms. The summed E-state index contributed by atoms with van der Waals surface area (Å²) in [4.78, 5) is 0. The molecule has 1 spiro atoms. The van der Waals surface area contributed by atoms with Crippen molar-refractivity contribution in [3.05, 3.63) is 29.8 Å². The summed E-state index contributed by atoms with van der Waals surface area (Å²) < 4.78 is 6.24. The zero-order valence-corrected chi connectivity index (χ0v) is 9.78. The molecule has 0 aromatic heterocycles. The molecule has 0 bridgehead atoms. The molecular formula is C14H19NO. The number of benzene rings is 1. The maximum absolute atomic E-state index is 6.27. The van der Waals surface area contributed by atoms with Gasteiger partial charge in [-0.25, -0.2) is 0 Å². The van der Waals surface area contributed by atoms with Gasteiger partial charge < -0.3 is 10.5 Å². The Morgan fingerprint density at radius 3 is 2.88 bits per heavy atom. The maximum atomic E-state index is 6.27. The van der Waals surface area contributed by atoms with Crippen molar-refractivity contribution >= 4 is 0 Å². The van der Waals surface area contributed by atoms with Gasteiger partial charge in [-0.15, -0.1) is 0 Å². The molecule has 1 heterocycles. The molecule has 3 rings (SSSR count). The molecule has 1 aromatic rings. The minimum Gasteiger partial charge on any atom is -0.487 e. The molecule has 1 aromatic carbocycles. The molecule has 16 heavy (non-hydrogen) atoms. The number of ether oxygens (including phenoxy) is 1. The van der Waals surface area contributed by atoms with E-state index in [0.717, 1.165) is 30.9 Å². The van der Waals surface area contributed by atoms with Crippen molar-refractivity contribution in [3.8, 4) is 5.75 Å². The van der Waals surface area contributed by atoms with E-state index < -0.39 is 0 Å². The minimum absolute atomic E-state index is 0.0349. The van der Waals surface area contributed by atoms with Crippen molar-refractivity contribution in [1.29, 1.82) is 0 Å². The fourth-order valence-electron chi connectivity index (χ4n) is 3.29. The third-order valence-corrected chi connectivity index (χ3v) is 4.05. The van der Waals surface area contributed by atoms with Gasteiger partial charge in [0.15, 0.2) is 0 Å². The predicted octanol–water partition coefficient (Wildman–Crippen LogP) is 3.03. The van der Waals surface area contributed by atoms with Crippen LogP contribution in [0.1, 0.15) is 44.2 Å². The average Bonchev–Trinajstić information content (AvgIpc) is 2.59. The first-order chi connectivity index (χ1) is 7.69. The third kappa shape index (κ3) is 1.52. The van der Waals surface area contributed by atoms with Gasteiger partial charge in [0.2, 0.25) is 0 Å². The number of hydrogen-bond donors (Lipinski definition) is 1. The second-order valence-electron chi connectivity index (χ2n) is 5.48. The molecule has 1 saturated carbocycles. The van der Waals surface area contributed by atoms with Gasteiger partial charge in [-0.3, -0.25) is 0 Å². The van der Waals surface area contributed by atoms with E-state index in [1.807, 2.05) is 12.1 Å². The fourth-order valence-corrected chi connectivity index (χ4v) is 3.29. The zero-order valence-electron chi connectivity index (χ0n) is 9.78. The highest BCUT2D eigenvalue weighted by atomic mass is 16.5. The summed E-state index contributed by atoms with van der Waals surface area (Å²) in [6.45, 7) is 2.31. The van der Waals surface area contributed by atoms with Gasteiger partial charge in [0, 0.05) is 18.0 Å². The Kier molecular flexibility index (Phi) is 2.21. The fraction of sp³-hybridized carbons (Fsp3) is 0.571. The van der Waals surface area contributed by atoms with Gasteiger partial charge in [0.1, 0.15) is 11.4 Å². The molecule has 3 atom stereocenters. The molecule has 3 unspecified atom stereocenters. The van der Waals surface area contributed by atoms with E-state index in [0.29, 0.717) is 0 Å². The largest absolute Gasteiger partial charge is 0.487 e. The van der Waals surface area contributed by atoms with Crippen LogP contribution in [-0.2, 0) is 0 Å². The average molecular weight is 217 g/mol. The summed E-state index contributed by atoms with van der Waals surface area (Å²) >= 11 is 0. The van der Waals surface area contributed by atoms with Crippen molar-refractivity contribution in [2.75, 3.05) is 0 Å². The predicted molar refractivity (Wildman–Crippen MR) is 64.4 cm³/mol. The Balaban J connectivity index is 1.95. The second kappa shape index (κ2) is 3.49. The van der Waals surface area contributed by atoms with Crippen molar-refractivity contribution in [2.45, 2.75) is 44.2 Å². The summed E-state index contributed by atoms with van der Waals surface area (Å²) in [5.74, 6) is 1.79. The molecule has 0 saturated heterocycles. The van der Waals surface area contributed by atoms with Crippen LogP contribution in [0.5, 0.6) is 5.75 Å². The molecular weight excluding hydrogens is 198 g/mol. The Labute approximate surface area is 96.8 Å². The van der Waals surface area contributed by atoms with E-state index in [2.05, 4.69) is 19.1 Å². The van der Waals surface area contributed by atoms with E-state index in [9.17, 15) is 0 Å². The van der Waals surface area contributed by atoms with Crippen LogP contribution in [0, 0.1) is 5.92 Å². The molecule has 1 aliphatic heterocycles. The molecule has 0 radical (unpaired) electrons. The summed E-state index contributed by atoms with van der Waals surface area (Å²) in [6, 6.07) is 8.36. The SMILES string of the molecule is CC1CCC2(C1)CC(N)c1ccccc1O2. The van der Waals surface area contributed by atoms with Crippen molar-refractivity contribution in [3.63, 3.8) is 0 Å². The number of para-hydroxylation sites is 1. The van der Waals surface area contributed by atoms with Crippen LogP contribution in [0.25, 0.3) is 0 Å². The van der Waals surface area contributed by atoms with Gasteiger partial charge >= 0.3 is 0 Å². The third-order valence-electron chi connectivity index (χ3n) is 4.05. The van der Waals surface area contributed by atoms with Crippen molar-refractivity contribution in [1.82, 2.24) is 0 Å². The smallest absolute Gasteiger partial charge is 0.124 e. The zero-order chi connectivity index (χ0) is 11.2. The topological polar surface area (TPSA) is 35.2 Å². The normalized spacial score (nSPS) is 37.1. The lowest BCUT2D eigenvalue weighted by molar-refractivity contribution is 0.0393. The van der Waals surface area contributed by atoms with Crippen LogP contribution in [0.4, 0.5) is 0 Å². The number of fused-ring (bicyclic) bond motifs is 1. The summed E-state index contributed by atoms with van der Waals surface area (Å²) in [5.41, 5.74) is 7.47. The monoisotopic (exact) mass is 217 g/mol. The molecule has 1 fully saturated rings. The summed E-state index contributed by atoms with van der Waals surface area (Å²) in [6.07, 6.45) is 4.58. The van der Waals surface area contributed by atoms with E-state index in [1.165, 1.54) is 12.0 Å². The number of rotatable bonds is 0. The minimum atomic E-state index is 0.0349. The van der Waals surface area contributed by atoms with Gasteiger partial charge in [0.25, 0.3) is 0 Å². The lowest BCUT2D eigenvalue weighted by Gasteiger charge is -2.39. The first-order valence-corrected chi connectivity index (χ1v) is 6.22. The maximum Gasteiger partial charge on any atom is 0.124 e. The molecule has 2 aliphatic rings. The molecule has 1 aliphatic carbocycles. The van der Waals surface area contributed by atoms with Gasteiger partial charge in [0.05, 0.1) is 0 Å². The van der Waals surface area contributed by atoms with Crippen LogP contribution in [0.2, 0.25) is 0 Å². The first-order valence-electron chi connectivity index (χ1n) is 6.22. The molecule has 0 amide bonds. The van der Waals surface area contributed by atoms with Crippen LogP contribution < -0.4 is 10.5 Å². The van der Waals surface area contributed by atoms with E-state index in [4.69, 9.17) is 10.5 Å². The lowest BCUT2D eigenvalue weighted by atomic mass is 9.86. The lowest BCUT2D eigenvalue weighted by Crippen LogP contribution is -2.40. The molecule has 2 N–H and O–H groups in total. The highest BCUT2D eigenvalue weighted by Crippen LogP contribution is 2.47. The highest BCUT2D eigenvalue weighted by Gasteiger charge is 2.44. The van der Waals surface area contributed by atoms with Crippen LogP contribution in [-0.4, -0.2) is 5.60 Å². The van der Waals surface area contributed by atoms with Crippen molar-refractivity contribution in [2.24, 2.45) is 11.7 Å². The van der Waals surface area contributed by atoms with Gasteiger partial charge in [-0.2, -0.15) is 0 Å². The second-order valence-corrected chi connectivity index (χ2v) is 5.48. The number of nitrogens with two attached hydrogens (primary N) is 1. The molecule has 2 nitrogen and oxygen atoms in total. The molecule has 86 valence electrons. The Morgan fingerprint density at radius 2 is 2.12 bits per heavy atom. The van der Waals surface area contributed by atoms with Crippen LogP contribution in [0.3, 0.4) is 0 Å². The standard InChI is InChI=1S/C14H19NO/c1-10-6-7-14(8-10)9-12(15)11-4-2-3-5-13(11)16-14/h2-5,10,12H,6-9,15H2,1H3. The van der Waals surface area contributed by atoms with E-state index in [-0.39, 0.29) is 11.6 Å². The van der Waals surface area contributed by atoms with Crippen LogP contribution in [0.15, 0.2) is 24.3 Å². The first kappa shape index (κ1) is 10.2. The highest BCUT2D eigenvalue weighted by molar-refractivity contribution is 5.38. The van der Waals surface area contributed by atoms with Crippen molar-refractivity contribution < 1.29 is 4.74 Å². The van der Waals surface area contributed by atoms with Gasteiger partial charge in [-0.05, 0) is 31.2 Å². The summed E-state index contributed by atoms with van der Waals surface area (Å²) in [7, 11) is 0. The Bertz CT molecular complexity index is 403. The Hall–Kier alpha value is -1.02. The Morgan fingerprint density at radius 1 is 1.31 bits per heavy atom. The summed E-state index contributed by atoms with van der Waals surface area (Å²) in [5, 5.41) is 0. The van der Waals surface area contributed by atoms with Gasteiger partial charge in [-0.1, -0.05) is 25.1 Å². The quantitative estimate of drug-likeness (QED) is 0.725. The van der Waals surface area contributed by atoms with Crippen LogP contribution >= 0.6 is 0 Å².